The maximum Gasteiger partial charge on any atom is 0.228 e. The second-order valence-electron chi connectivity index (χ2n) is 4.34. The number of anilines is 1. The van der Waals surface area contributed by atoms with E-state index < -0.39 is 9.84 Å². The van der Waals surface area contributed by atoms with E-state index in [1.54, 1.807) is 17.0 Å². The summed E-state index contributed by atoms with van der Waals surface area (Å²) in [6.07, 6.45) is 6.81. The maximum absolute atomic E-state index is 11.7. The number of hydrogen-bond acceptors (Lipinski definition) is 3. The zero-order chi connectivity index (χ0) is 13.3. The van der Waals surface area contributed by atoms with Crippen LogP contribution in [0.5, 0.6) is 0 Å². The third kappa shape index (κ3) is 2.39. The van der Waals surface area contributed by atoms with Crippen molar-refractivity contribution < 1.29 is 13.2 Å². The number of benzene rings is 1. The zero-order valence-electron chi connectivity index (χ0n) is 9.96. The molecule has 0 bridgehead atoms. The van der Waals surface area contributed by atoms with Crippen LogP contribution < -0.4 is 4.90 Å². The Bertz CT molecular complexity index is 611. The first-order chi connectivity index (χ1) is 8.41. The summed E-state index contributed by atoms with van der Waals surface area (Å²) in [6.45, 7) is 0.494. The number of carbonyl (C=O) groups is 1. The van der Waals surface area contributed by atoms with E-state index in [4.69, 9.17) is 6.42 Å². The van der Waals surface area contributed by atoms with Gasteiger partial charge in [0, 0.05) is 30.8 Å². The van der Waals surface area contributed by atoms with Gasteiger partial charge in [-0.3, -0.25) is 4.79 Å². The molecule has 1 aromatic rings. The smallest absolute Gasteiger partial charge is 0.228 e. The molecule has 1 amide bonds. The Kier molecular flexibility index (Phi) is 3.14. The topological polar surface area (TPSA) is 54.5 Å². The molecule has 1 aliphatic heterocycles. The fourth-order valence-electron chi connectivity index (χ4n) is 1.94. The number of hydrogen-bond donors (Lipinski definition) is 0. The van der Waals surface area contributed by atoms with Crippen molar-refractivity contribution in [2.45, 2.75) is 11.3 Å². The summed E-state index contributed by atoms with van der Waals surface area (Å²) in [7, 11) is -3.21. The lowest BCUT2D eigenvalue weighted by molar-refractivity contribution is -0.117. The molecule has 94 valence electrons. The fourth-order valence-corrected chi connectivity index (χ4v) is 2.57. The van der Waals surface area contributed by atoms with Gasteiger partial charge in [-0.15, -0.1) is 12.3 Å². The largest absolute Gasteiger partial charge is 0.311 e. The van der Waals surface area contributed by atoms with Gasteiger partial charge in [0.25, 0.3) is 0 Å². The molecular formula is C13H13NO3S. The van der Waals surface area contributed by atoms with Gasteiger partial charge in [-0.2, -0.15) is 0 Å². The normalized spacial score (nSPS) is 19.9. The summed E-state index contributed by atoms with van der Waals surface area (Å²) in [5.41, 5.74) is 0.685. The third-order valence-electron chi connectivity index (χ3n) is 2.94. The van der Waals surface area contributed by atoms with Crippen LogP contribution in [0, 0.1) is 18.3 Å². The van der Waals surface area contributed by atoms with Crippen LogP contribution in [0.3, 0.4) is 0 Å². The van der Waals surface area contributed by atoms with Gasteiger partial charge in [0.2, 0.25) is 5.91 Å². The molecule has 0 spiro atoms. The lowest BCUT2D eigenvalue weighted by Crippen LogP contribution is -2.24. The standard InChI is InChI=1S/C13H13NO3S/c1-3-10-8-13(15)14(9-10)11-4-6-12(7-5-11)18(2,16)17/h1,4-7,10H,8-9H2,2H3. The summed E-state index contributed by atoms with van der Waals surface area (Å²) < 4.78 is 22.6. The molecule has 0 N–H and O–H groups in total. The van der Waals surface area contributed by atoms with E-state index in [9.17, 15) is 13.2 Å². The Morgan fingerprint density at radius 3 is 2.39 bits per heavy atom. The molecule has 1 aliphatic rings. The second kappa shape index (κ2) is 4.46. The number of nitrogens with zero attached hydrogens (tertiary/aromatic N) is 1. The van der Waals surface area contributed by atoms with Gasteiger partial charge in [0.15, 0.2) is 9.84 Å². The second-order valence-corrected chi connectivity index (χ2v) is 6.35. The first-order valence-corrected chi connectivity index (χ1v) is 7.37. The van der Waals surface area contributed by atoms with Crippen LogP contribution in [0.15, 0.2) is 29.2 Å². The average molecular weight is 263 g/mol. The zero-order valence-corrected chi connectivity index (χ0v) is 10.8. The van der Waals surface area contributed by atoms with Crippen molar-refractivity contribution in [1.29, 1.82) is 0 Å². The Labute approximate surface area is 107 Å². The highest BCUT2D eigenvalue weighted by atomic mass is 32.2. The first kappa shape index (κ1) is 12.7. The van der Waals surface area contributed by atoms with Gasteiger partial charge < -0.3 is 4.90 Å². The van der Waals surface area contributed by atoms with Crippen molar-refractivity contribution in [2.75, 3.05) is 17.7 Å². The highest BCUT2D eigenvalue weighted by Crippen LogP contribution is 2.25. The van der Waals surface area contributed by atoms with Crippen LogP contribution in [0.4, 0.5) is 5.69 Å². The van der Waals surface area contributed by atoms with Gasteiger partial charge in [0.05, 0.1) is 4.90 Å². The molecule has 0 saturated carbocycles. The molecule has 0 aromatic heterocycles. The molecule has 1 saturated heterocycles. The van der Waals surface area contributed by atoms with Crippen molar-refractivity contribution in [3.05, 3.63) is 24.3 Å². The van der Waals surface area contributed by atoms with E-state index in [1.165, 1.54) is 12.1 Å². The van der Waals surface area contributed by atoms with Crippen LogP contribution >= 0.6 is 0 Å². The Morgan fingerprint density at radius 1 is 1.33 bits per heavy atom. The Morgan fingerprint density at radius 2 is 1.94 bits per heavy atom. The van der Waals surface area contributed by atoms with Gasteiger partial charge in [-0.05, 0) is 24.3 Å². The molecule has 1 atom stereocenters. The predicted octanol–water partition coefficient (Wildman–Crippen LogP) is 1.08. The summed E-state index contributed by atoms with van der Waals surface area (Å²) in [5, 5.41) is 0. The van der Waals surface area contributed by atoms with E-state index in [1.807, 2.05) is 0 Å². The molecule has 1 aromatic carbocycles. The van der Waals surface area contributed by atoms with E-state index >= 15 is 0 Å². The van der Waals surface area contributed by atoms with Gasteiger partial charge in [0.1, 0.15) is 0 Å². The molecule has 0 aliphatic carbocycles. The van der Waals surface area contributed by atoms with Crippen LogP contribution in [0.25, 0.3) is 0 Å². The van der Waals surface area contributed by atoms with Crippen molar-refractivity contribution in [1.82, 2.24) is 0 Å². The molecule has 4 nitrogen and oxygen atoms in total. The minimum Gasteiger partial charge on any atom is -0.311 e. The molecule has 0 radical (unpaired) electrons. The van der Waals surface area contributed by atoms with Crippen LogP contribution in [0.2, 0.25) is 0 Å². The highest BCUT2D eigenvalue weighted by molar-refractivity contribution is 7.90. The monoisotopic (exact) mass is 263 g/mol. The summed E-state index contributed by atoms with van der Waals surface area (Å²) >= 11 is 0. The number of carbonyl (C=O) groups excluding carboxylic acids is 1. The quantitative estimate of drug-likeness (QED) is 0.750. The lowest BCUT2D eigenvalue weighted by atomic mass is 10.1. The maximum atomic E-state index is 11.7. The fraction of sp³-hybridized carbons (Fsp3) is 0.308. The Hall–Kier alpha value is -1.80. The van der Waals surface area contributed by atoms with Crippen molar-refractivity contribution >= 4 is 21.4 Å². The molecular weight excluding hydrogens is 250 g/mol. The van der Waals surface area contributed by atoms with Crippen molar-refractivity contribution in [3.8, 4) is 12.3 Å². The van der Waals surface area contributed by atoms with Crippen molar-refractivity contribution in [3.63, 3.8) is 0 Å². The van der Waals surface area contributed by atoms with E-state index in [-0.39, 0.29) is 16.7 Å². The minimum atomic E-state index is -3.21. The molecule has 2 rings (SSSR count). The summed E-state index contributed by atoms with van der Waals surface area (Å²) in [4.78, 5) is 13.6. The molecule has 18 heavy (non-hydrogen) atoms. The number of rotatable bonds is 2. The van der Waals surface area contributed by atoms with E-state index in [0.29, 0.717) is 18.7 Å². The lowest BCUT2D eigenvalue weighted by Gasteiger charge is -2.16. The minimum absolute atomic E-state index is 0.0231. The van der Waals surface area contributed by atoms with Gasteiger partial charge in [-0.25, -0.2) is 8.42 Å². The van der Waals surface area contributed by atoms with Crippen molar-refractivity contribution in [2.24, 2.45) is 5.92 Å². The Balaban J connectivity index is 2.26. The van der Waals surface area contributed by atoms with Crippen LogP contribution in [-0.2, 0) is 14.6 Å². The van der Waals surface area contributed by atoms with Crippen LogP contribution in [0.1, 0.15) is 6.42 Å². The van der Waals surface area contributed by atoms with Gasteiger partial charge in [-0.1, -0.05) is 0 Å². The number of sulfone groups is 1. The molecule has 1 unspecified atom stereocenters. The van der Waals surface area contributed by atoms with Gasteiger partial charge >= 0.3 is 0 Å². The molecule has 1 fully saturated rings. The number of amides is 1. The first-order valence-electron chi connectivity index (χ1n) is 5.48. The molecule has 1 heterocycles. The highest BCUT2D eigenvalue weighted by Gasteiger charge is 2.29. The SMILES string of the molecule is C#CC1CC(=O)N(c2ccc(S(C)(=O)=O)cc2)C1. The van der Waals surface area contributed by atoms with E-state index in [2.05, 4.69) is 5.92 Å². The van der Waals surface area contributed by atoms with E-state index in [0.717, 1.165) is 6.26 Å². The molecule has 5 heteroatoms. The summed E-state index contributed by atoms with van der Waals surface area (Å²) in [6, 6.07) is 6.27. The summed E-state index contributed by atoms with van der Waals surface area (Å²) in [5.74, 6) is 2.49. The number of terminal acetylenes is 1. The average Bonchev–Trinajstić information content (AvgIpc) is 2.70. The third-order valence-corrected chi connectivity index (χ3v) is 4.07. The van der Waals surface area contributed by atoms with Crippen LogP contribution in [-0.4, -0.2) is 27.1 Å². The predicted molar refractivity (Wildman–Crippen MR) is 68.8 cm³/mol.